The topological polar surface area (TPSA) is 0 Å². The van der Waals surface area contributed by atoms with Crippen molar-refractivity contribution in [3.63, 3.8) is 0 Å². The summed E-state index contributed by atoms with van der Waals surface area (Å²) < 4.78 is 0. The van der Waals surface area contributed by atoms with E-state index < -0.39 is 0 Å². The number of hydrogen-bond donors (Lipinski definition) is 0. The molecular formula is C4H11B3. The monoisotopic (exact) mass is 92.1 g/mol. The van der Waals surface area contributed by atoms with Crippen molar-refractivity contribution in [3.8, 4) is 0 Å². The maximum atomic E-state index is 2.22. The van der Waals surface area contributed by atoms with E-state index in [1.165, 1.54) is 6.22 Å². The second kappa shape index (κ2) is 4.36. The quantitative estimate of drug-likeness (QED) is 0.456. The van der Waals surface area contributed by atoms with E-state index in [1.807, 2.05) is 0 Å². The van der Waals surface area contributed by atoms with Crippen LogP contribution in [0.4, 0.5) is 0 Å². The Labute approximate surface area is 48.6 Å². The van der Waals surface area contributed by atoms with Gasteiger partial charge in [0.2, 0.25) is 0 Å². The Hall–Kier alpha value is 0.195. The van der Waals surface area contributed by atoms with Crippen molar-refractivity contribution in [2.45, 2.75) is 26.7 Å². The van der Waals surface area contributed by atoms with Gasteiger partial charge in [-0.05, 0) is 0 Å². The highest BCUT2D eigenvalue weighted by Crippen LogP contribution is 1.85. The van der Waals surface area contributed by atoms with Gasteiger partial charge in [-0.1, -0.05) is 20.5 Å². The van der Waals surface area contributed by atoms with E-state index >= 15 is 0 Å². The fourth-order valence-corrected chi connectivity index (χ4v) is 0.508. The molecule has 0 saturated carbocycles. The van der Waals surface area contributed by atoms with E-state index in [0.29, 0.717) is 0 Å². The molecule has 3 heteroatoms. The highest BCUT2D eigenvalue weighted by Gasteiger charge is 1.99. The molecule has 36 valence electrons. The highest BCUT2D eigenvalue weighted by atomic mass is 13.4. The van der Waals surface area contributed by atoms with Crippen molar-refractivity contribution >= 4 is 21.1 Å². The number of hydrogen-bond acceptors (Lipinski definition) is 0. The molecule has 0 N–H and O–H groups in total. The molecule has 0 aromatic carbocycles. The van der Waals surface area contributed by atoms with Crippen LogP contribution in [0.3, 0.4) is 0 Å². The van der Waals surface area contributed by atoms with Gasteiger partial charge in [-0.25, -0.2) is 0 Å². The van der Waals surface area contributed by atoms with Crippen LogP contribution in [-0.2, 0) is 0 Å². The lowest BCUT2D eigenvalue weighted by atomic mass is 9.18. The van der Waals surface area contributed by atoms with Crippen LogP contribution in [0.5, 0.6) is 0 Å². The molecule has 0 spiro atoms. The van der Waals surface area contributed by atoms with Gasteiger partial charge in [-0.3, -0.25) is 0 Å². The molecule has 0 amide bonds. The van der Waals surface area contributed by atoms with Crippen LogP contribution < -0.4 is 0 Å². The van der Waals surface area contributed by atoms with E-state index in [0.717, 1.165) is 6.60 Å². The van der Waals surface area contributed by atoms with Crippen LogP contribution in [0, 0.1) is 0 Å². The van der Waals surface area contributed by atoms with Gasteiger partial charge in [0.25, 0.3) is 0 Å². The van der Waals surface area contributed by atoms with Gasteiger partial charge < -0.3 is 0 Å². The van der Waals surface area contributed by atoms with E-state index in [4.69, 9.17) is 0 Å². The molecular weight excluding hydrogens is 80.5 g/mol. The van der Waals surface area contributed by atoms with Gasteiger partial charge >= 0.3 is 0 Å². The minimum Gasteiger partial charge on any atom is -0.108 e. The molecule has 7 heavy (non-hydrogen) atoms. The van der Waals surface area contributed by atoms with E-state index in [-0.39, 0.29) is 0 Å². The standard InChI is InChI=1S/C4H11B3/c1-5-4-7(3)6-2/h4H2,1-3H3. The molecule has 0 aliphatic heterocycles. The Morgan fingerprint density at radius 2 is 2.00 bits per heavy atom. The molecule has 0 aromatic heterocycles. The van der Waals surface area contributed by atoms with Gasteiger partial charge in [0.15, 0.2) is 0 Å². The summed E-state index contributed by atoms with van der Waals surface area (Å²) >= 11 is 0. The van der Waals surface area contributed by atoms with Crippen LogP contribution in [-0.4, -0.2) is 21.1 Å². The second-order valence-corrected chi connectivity index (χ2v) is 1.95. The average Bonchev–Trinajstić information content (AvgIpc) is 1.68. The van der Waals surface area contributed by atoms with E-state index in [2.05, 4.69) is 34.9 Å². The molecule has 0 aliphatic carbocycles. The van der Waals surface area contributed by atoms with E-state index in [9.17, 15) is 0 Å². The summed E-state index contributed by atoms with van der Waals surface area (Å²) in [5, 5.41) is 0. The zero-order chi connectivity index (χ0) is 5.70. The first-order chi connectivity index (χ1) is 3.31. The zero-order valence-electron chi connectivity index (χ0n) is 5.44. The number of rotatable bonds is 3. The summed E-state index contributed by atoms with van der Waals surface area (Å²) in [5.74, 6) is 0. The van der Waals surface area contributed by atoms with Crippen molar-refractivity contribution in [3.05, 3.63) is 0 Å². The lowest BCUT2D eigenvalue weighted by Gasteiger charge is -1.96. The largest absolute Gasteiger partial charge is 0.108 e. The zero-order valence-corrected chi connectivity index (χ0v) is 5.44. The molecule has 0 aliphatic rings. The molecule has 0 heterocycles. The maximum absolute atomic E-state index is 2.22. The Balaban J connectivity index is 2.83. The van der Waals surface area contributed by atoms with E-state index in [1.54, 1.807) is 0 Å². The molecule has 2 radical (unpaired) electrons. The smallest absolute Gasteiger partial charge is 0.0965 e. The fraction of sp³-hybridized carbons (Fsp3) is 1.00. The van der Waals surface area contributed by atoms with Gasteiger partial charge in [-0.15, -0.1) is 6.22 Å². The van der Waals surface area contributed by atoms with Crippen LogP contribution in [0.15, 0.2) is 0 Å². The molecule has 0 aromatic rings. The predicted molar refractivity (Wildman–Crippen MR) is 39.7 cm³/mol. The van der Waals surface area contributed by atoms with Gasteiger partial charge in [-0.2, -0.15) is 0 Å². The lowest BCUT2D eigenvalue weighted by Crippen LogP contribution is -2.15. The van der Waals surface area contributed by atoms with Gasteiger partial charge in [0.1, 0.15) is 0 Å². The highest BCUT2D eigenvalue weighted by molar-refractivity contribution is 7.13. The maximum Gasteiger partial charge on any atom is 0.0965 e. The third-order valence-corrected chi connectivity index (χ3v) is 1.18. The first-order valence-corrected chi connectivity index (χ1v) is 2.88. The molecule has 0 rings (SSSR count). The second-order valence-electron chi connectivity index (χ2n) is 1.95. The van der Waals surface area contributed by atoms with Crippen LogP contribution in [0.2, 0.25) is 26.7 Å². The summed E-state index contributed by atoms with van der Waals surface area (Å²) in [5.41, 5.74) is 0. The minimum atomic E-state index is 0.769. The normalized spacial score (nSPS) is 7.86. The summed E-state index contributed by atoms with van der Waals surface area (Å²) in [7, 11) is 4.42. The third-order valence-electron chi connectivity index (χ3n) is 1.18. The summed E-state index contributed by atoms with van der Waals surface area (Å²) in [6.45, 7) is 7.19. The summed E-state index contributed by atoms with van der Waals surface area (Å²) in [4.78, 5) is 0. The van der Waals surface area contributed by atoms with Crippen LogP contribution in [0.1, 0.15) is 0 Å². The summed E-state index contributed by atoms with van der Waals surface area (Å²) in [6.07, 6.45) is 1.22. The Kier molecular flexibility index (Phi) is 4.48. The SMILES string of the molecule is C[B]CB(C)[B]C. The average molecular weight is 91.6 g/mol. The minimum absolute atomic E-state index is 0.769. The molecule has 0 bridgehead atoms. The molecule has 0 saturated heterocycles. The van der Waals surface area contributed by atoms with Crippen molar-refractivity contribution in [2.75, 3.05) is 0 Å². The lowest BCUT2D eigenvalue weighted by molar-refractivity contribution is 1.88. The fourth-order valence-electron chi connectivity index (χ4n) is 0.508. The van der Waals surface area contributed by atoms with Crippen molar-refractivity contribution in [2.24, 2.45) is 0 Å². The van der Waals surface area contributed by atoms with Crippen LogP contribution in [0.25, 0.3) is 0 Å². The molecule has 0 unspecified atom stereocenters. The Bertz CT molecular complexity index is 37.9. The van der Waals surface area contributed by atoms with Gasteiger partial charge in [0.05, 0.1) is 21.1 Å². The Morgan fingerprint density at radius 3 is 2.14 bits per heavy atom. The first-order valence-electron chi connectivity index (χ1n) is 2.88. The van der Waals surface area contributed by atoms with Crippen molar-refractivity contribution in [1.29, 1.82) is 0 Å². The molecule has 0 nitrogen and oxygen atoms in total. The van der Waals surface area contributed by atoms with Crippen molar-refractivity contribution in [1.82, 2.24) is 0 Å². The first kappa shape index (κ1) is 7.19. The molecule has 0 fully saturated rings. The van der Waals surface area contributed by atoms with Gasteiger partial charge in [0, 0.05) is 0 Å². The predicted octanol–water partition coefficient (Wildman–Crippen LogP) is 1.07. The van der Waals surface area contributed by atoms with Crippen LogP contribution >= 0.6 is 0 Å². The Morgan fingerprint density at radius 1 is 1.43 bits per heavy atom. The molecule has 0 atom stereocenters. The van der Waals surface area contributed by atoms with Crippen molar-refractivity contribution < 1.29 is 0 Å². The third kappa shape index (κ3) is 4.04. The summed E-state index contributed by atoms with van der Waals surface area (Å²) in [6, 6.07) is 0.